The predicted molar refractivity (Wildman–Crippen MR) is 105 cm³/mol. The third-order valence-electron chi connectivity index (χ3n) is 6.13. The molecule has 2 heterocycles. The van der Waals surface area contributed by atoms with Crippen LogP contribution in [0.3, 0.4) is 0 Å². The number of hydrogen-bond acceptors (Lipinski definition) is 4. The highest BCUT2D eigenvalue weighted by molar-refractivity contribution is 4.86. The fourth-order valence-electron chi connectivity index (χ4n) is 4.10. The van der Waals surface area contributed by atoms with Crippen LogP contribution in [-0.4, -0.2) is 96.1 Å². The second kappa shape index (κ2) is 8.03. The van der Waals surface area contributed by atoms with Crippen molar-refractivity contribution in [3.63, 3.8) is 0 Å². The quantitative estimate of drug-likeness (QED) is 0.781. The minimum atomic E-state index is 0.323. The highest BCUT2D eigenvalue weighted by Crippen LogP contribution is 2.22. The molecule has 0 spiro atoms. The molecule has 0 saturated carbocycles. The first-order chi connectivity index (χ1) is 11.1. The highest BCUT2D eigenvalue weighted by Gasteiger charge is 2.29. The van der Waals surface area contributed by atoms with E-state index in [2.05, 4.69) is 68.2 Å². The van der Waals surface area contributed by atoms with Crippen molar-refractivity contribution in [2.24, 2.45) is 0 Å². The Kier molecular flexibility index (Phi) is 6.74. The summed E-state index contributed by atoms with van der Waals surface area (Å²) in [4.78, 5) is 10.5. The van der Waals surface area contributed by atoms with E-state index in [1.807, 2.05) is 0 Å². The molecule has 0 N–H and O–H groups in total. The minimum Gasteiger partial charge on any atom is -0.302 e. The molecule has 142 valence electrons. The van der Waals surface area contributed by atoms with Crippen molar-refractivity contribution in [3.8, 4) is 0 Å². The van der Waals surface area contributed by atoms with Crippen molar-refractivity contribution in [3.05, 3.63) is 0 Å². The fourth-order valence-corrected chi connectivity index (χ4v) is 4.10. The first kappa shape index (κ1) is 20.2. The van der Waals surface area contributed by atoms with E-state index in [0.717, 1.165) is 6.04 Å². The van der Waals surface area contributed by atoms with Crippen LogP contribution >= 0.6 is 0 Å². The van der Waals surface area contributed by atoms with E-state index in [4.69, 9.17) is 0 Å². The predicted octanol–water partition coefficient (Wildman–Crippen LogP) is 2.60. The number of piperazine rings is 1. The van der Waals surface area contributed by atoms with Gasteiger partial charge in [-0.25, -0.2) is 0 Å². The summed E-state index contributed by atoms with van der Waals surface area (Å²) in [5.74, 6) is 0. The van der Waals surface area contributed by atoms with E-state index in [9.17, 15) is 0 Å². The molecule has 0 amide bonds. The van der Waals surface area contributed by atoms with Crippen molar-refractivity contribution in [2.75, 3.05) is 59.4 Å². The molecule has 0 radical (unpaired) electrons. The Balaban J connectivity index is 1.67. The number of piperidine rings is 1. The highest BCUT2D eigenvalue weighted by atomic mass is 15.3. The van der Waals surface area contributed by atoms with Crippen LogP contribution < -0.4 is 0 Å². The molecule has 0 bridgehead atoms. The summed E-state index contributed by atoms with van der Waals surface area (Å²) in [6.45, 7) is 23.9. The molecular weight excluding hydrogens is 296 g/mol. The van der Waals surface area contributed by atoms with Gasteiger partial charge < -0.3 is 4.90 Å². The zero-order valence-electron chi connectivity index (χ0n) is 17.4. The maximum absolute atomic E-state index is 2.66. The molecule has 0 aliphatic carbocycles. The molecule has 2 fully saturated rings. The first-order valence-electron chi connectivity index (χ1n) is 10.00. The molecule has 0 atom stereocenters. The fraction of sp³-hybridized carbons (Fsp3) is 1.00. The molecule has 2 saturated heterocycles. The van der Waals surface area contributed by atoms with Gasteiger partial charge in [-0.05, 0) is 61.4 Å². The average Bonchev–Trinajstić information content (AvgIpc) is 2.51. The largest absolute Gasteiger partial charge is 0.302 e. The van der Waals surface area contributed by atoms with Crippen molar-refractivity contribution >= 4 is 0 Å². The van der Waals surface area contributed by atoms with Crippen LogP contribution in [0.15, 0.2) is 0 Å². The van der Waals surface area contributed by atoms with Crippen LogP contribution in [0.4, 0.5) is 0 Å². The van der Waals surface area contributed by atoms with Crippen LogP contribution in [0.1, 0.15) is 54.4 Å². The summed E-state index contributed by atoms with van der Waals surface area (Å²) in [6, 6.07) is 0.777. The van der Waals surface area contributed by atoms with Crippen LogP contribution in [-0.2, 0) is 0 Å². The summed E-state index contributed by atoms with van der Waals surface area (Å²) < 4.78 is 0. The molecule has 24 heavy (non-hydrogen) atoms. The summed E-state index contributed by atoms with van der Waals surface area (Å²) in [6.07, 6.45) is 2.65. The normalized spacial score (nSPS) is 24.0. The van der Waals surface area contributed by atoms with Gasteiger partial charge >= 0.3 is 0 Å². The zero-order chi connectivity index (χ0) is 18.0. The van der Waals surface area contributed by atoms with E-state index in [1.54, 1.807) is 0 Å². The lowest BCUT2D eigenvalue weighted by atomic mass is 9.97. The van der Waals surface area contributed by atoms with Crippen molar-refractivity contribution in [2.45, 2.75) is 71.5 Å². The second-order valence-corrected chi connectivity index (χ2v) is 9.87. The summed E-state index contributed by atoms with van der Waals surface area (Å²) in [7, 11) is 2.34. The van der Waals surface area contributed by atoms with E-state index < -0.39 is 0 Å². The Labute approximate surface area is 151 Å². The topological polar surface area (TPSA) is 13.0 Å². The molecule has 0 aromatic rings. The Morgan fingerprint density at radius 3 is 1.67 bits per heavy atom. The summed E-state index contributed by atoms with van der Waals surface area (Å²) in [5.41, 5.74) is 0.653. The van der Waals surface area contributed by atoms with Gasteiger partial charge in [-0.3, -0.25) is 14.7 Å². The van der Waals surface area contributed by atoms with E-state index in [1.165, 1.54) is 65.2 Å². The smallest absolute Gasteiger partial charge is 0.0126 e. The van der Waals surface area contributed by atoms with Crippen LogP contribution in [0.25, 0.3) is 0 Å². The van der Waals surface area contributed by atoms with E-state index in [0.29, 0.717) is 11.1 Å². The third-order valence-corrected chi connectivity index (χ3v) is 6.13. The lowest BCUT2D eigenvalue weighted by molar-refractivity contribution is 0.0443. The standard InChI is InChI=1S/C20H42N4/c1-19(2,3)23-10-8-18(9-11-23)21(7)12-13-22-14-16-24(17-15-22)20(4,5)6/h18H,8-17H2,1-7H3. The van der Waals surface area contributed by atoms with Crippen LogP contribution in [0.2, 0.25) is 0 Å². The van der Waals surface area contributed by atoms with E-state index in [-0.39, 0.29) is 0 Å². The lowest BCUT2D eigenvalue weighted by Crippen LogP contribution is -2.55. The number of likely N-dealkylation sites (tertiary alicyclic amines) is 1. The number of hydrogen-bond donors (Lipinski definition) is 0. The SMILES string of the molecule is CN(CCN1CCN(C(C)(C)C)CC1)C1CCN(C(C)(C)C)CC1. The van der Waals surface area contributed by atoms with Gasteiger partial charge in [-0.1, -0.05) is 0 Å². The molecular formula is C20H42N4. The van der Waals surface area contributed by atoms with Gasteiger partial charge in [0.1, 0.15) is 0 Å². The van der Waals surface area contributed by atoms with Gasteiger partial charge in [0, 0.05) is 69.5 Å². The Morgan fingerprint density at radius 1 is 0.750 bits per heavy atom. The maximum Gasteiger partial charge on any atom is 0.0126 e. The van der Waals surface area contributed by atoms with Crippen LogP contribution in [0.5, 0.6) is 0 Å². The van der Waals surface area contributed by atoms with Gasteiger partial charge in [0.15, 0.2) is 0 Å². The lowest BCUT2D eigenvalue weighted by Gasteiger charge is -2.44. The summed E-state index contributed by atoms with van der Waals surface area (Å²) >= 11 is 0. The molecule has 0 aromatic heterocycles. The maximum atomic E-state index is 2.66. The molecule has 0 aromatic carbocycles. The molecule has 2 aliphatic heterocycles. The Hall–Kier alpha value is -0.160. The number of nitrogens with zero attached hydrogens (tertiary/aromatic N) is 4. The monoisotopic (exact) mass is 338 g/mol. The zero-order valence-corrected chi connectivity index (χ0v) is 17.4. The van der Waals surface area contributed by atoms with Crippen molar-refractivity contribution in [1.82, 2.24) is 19.6 Å². The van der Waals surface area contributed by atoms with Crippen molar-refractivity contribution in [1.29, 1.82) is 0 Å². The Bertz CT molecular complexity index is 366. The van der Waals surface area contributed by atoms with E-state index >= 15 is 0 Å². The molecule has 2 aliphatic rings. The summed E-state index contributed by atoms with van der Waals surface area (Å²) in [5, 5.41) is 0. The van der Waals surface area contributed by atoms with Gasteiger partial charge in [-0.15, -0.1) is 0 Å². The molecule has 0 unspecified atom stereocenters. The number of rotatable bonds is 4. The van der Waals surface area contributed by atoms with Crippen LogP contribution in [0, 0.1) is 0 Å². The minimum absolute atomic E-state index is 0.323. The van der Waals surface area contributed by atoms with Gasteiger partial charge in [0.05, 0.1) is 0 Å². The average molecular weight is 339 g/mol. The molecule has 4 heteroatoms. The second-order valence-electron chi connectivity index (χ2n) is 9.87. The first-order valence-corrected chi connectivity index (χ1v) is 10.00. The molecule has 2 rings (SSSR count). The Morgan fingerprint density at radius 2 is 1.21 bits per heavy atom. The number of likely N-dealkylation sites (N-methyl/N-ethyl adjacent to an activating group) is 1. The van der Waals surface area contributed by atoms with Gasteiger partial charge in [0.2, 0.25) is 0 Å². The van der Waals surface area contributed by atoms with Gasteiger partial charge in [-0.2, -0.15) is 0 Å². The van der Waals surface area contributed by atoms with Crippen molar-refractivity contribution < 1.29 is 0 Å². The third kappa shape index (κ3) is 5.69. The van der Waals surface area contributed by atoms with Gasteiger partial charge in [0.25, 0.3) is 0 Å². The molecule has 4 nitrogen and oxygen atoms in total.